The van der Waals surface area contributed by atoms with Crippen LogP contribution in [0.5, 0.6) is 0 Å². The third-order valence-corrected chi connectivity index (χ3v) is 3.99. The van der Waals surface area contributed by atoms with Crippen molar-refractivity contribution in [1.82, 2.24) is 15.0 Å². The Kier molecular flexibility index (Phi) is 3.16. The van der Waals surface area contributed by atoms with Crippen molar-refractivity contribution in [3.05, 3.63) is 40.1 Å². The molecule has 19 heavy (non-hydrogen) atoms. The Labute approximate surface area is 119 Å². The molecule has 1 fully saturated rings. The van der Waals surface area contributed by atoms with E-state index in [1.165, 1.54) is 0 Å². The predicted octanol–water partition coefficient (Wildman–Crippen LogP) is 1.95. The number of nitrogens with zero attached hydrogens (tertiary/aromatic N) is 3. The van der Waals surface area contributed by atoms with Gasteiger partial charge in [-0.1, -0.05) is 11.3 Å². The molecule has 1 aliphatic rings. The average molecular weight is 324 g/mol. The van der Waals surface area contributed by atoms with Crippen LogP contribution in [-0.2, 0) is 10.3 Å². The second-order valence-corrected chi connectivity index (χ2v) is 5.69. The summed E-state index contributed by atoms with van der Waals surface area (Å²) in [5.41, 5.74) is 1.59. The van der Waals surface area contributed by atoms with Crippen LogP contribution in [-0.4, -0.2) is 33.3 Å². The Morgan fingerprint density at radius 3 is 3.05 bits per heavy atom. The first kappa shape index (κ1) is 12.8. The van der Waals surface area contributed by atoms with E-state index in [-0.39, 0.29) is 6.61 Å². The highest BCUT2D eigenvalue weighted by Gasteiger charge is 2.37. The molecule has 0 amide bonds. The number of hydrogen-bond donors (Lipinski definition) is 1. The van der Waals surface area contributed by atoms with Crippen LogP contribution < -0.4 is 0 Å². The molecule has 2 heterocycles. The molecule has 5 nitrogen and oxygen atoms in total. The molecular weight excluding hydrogens is 310 g/mol. The first-order valence-electron chi connectivity index (χ1n) is 6.08. The largest absolute Gasteiger partial charge is 0.381 e. The van der Waals surface area contributed by atoms with Crippen LogP contribution in [0.2, 0.25) is 0 Å². The zero-order valence-corrected chi connectivity index (χ0v) is 12.1. The van der Waals surface area contributed by atoms with Gasteiger partial charge in [-0.15, -0.1) is 5.10 Å². The van der Waals surface area contributed by atoms with Crippen molar-refractivity contribution >= 4 is 15.9 Å². The summed E-state index contributed by atoms with van der Waals surface area (Å²) >= 11 is 3.50. The summed E-state index contributed by atoms with van der Waals surface area (Å²) in [7, 11) is 0. The Morgan fingerprint density at radius 1 is 1.47 bits per heavy atom. The van der Waals surface area contributed by atoms with Crippen molar-refractivity contribution in [3.8, 4) is 5.69 Å². The van der Waals surface area contributed by atoms with E-state index in [1.807, 2.05) is 25.1 Å². The highest BCUT2D eigenvalue weighted by molar-refractivity contribution is 9.10. The van der Waals surface area contributed by atoms with Gasteiger partial charge in [-0.25, -0.2) is 4.68 Å². The Balaban J connectivity index is 1.99. The Morgan fingerprint density at radius 2 is 2.32 bits per heavy atom. The summed E-state index contributed by atoms with van der Waals surface area (Å²) < 4.78 is 7.84. The zero-order chi connectivity index (χ0) is 13.5. The van der Waals surface area contributed by atoms with E-state index in [1.54, 1.807) is 10.9 Å². The fourth-order valence-electron chi connectivity index (χ4n) is 2.15. The lowest BCUT2D eigenvalue weighted by Gasteiger charge is -2.15. The summed E-state index contributed by atoms with van der Waals surface area (Å²) in [5.74, 6) is 0. The standard InChI is InChI=1S/C13H14BrN3O2/c1-9-2-3-10(14)11(6-9)17-7-12(15-16-17)13(18)4-5-19-8-13/h2-3,6-7,18H,4-5,8H2,1H3. The molecule has 100 valence electrons. The van der Waals surface area contributed by atoms with Crippen LogP contribution in [0.25, 0.3) is 5.69 Å². The molecule has 0 saturated carbocycles. The maximum atomic E-state index is 10.4. The van der Waals surface area contributed by atoms with E-state index in [2.05, 4.69) is 26.2 Å². The van der Waals surface area contributed by atoms with Crippen molar-refractivity contribution in [2.45, 2.75) is 18.9 Å². The Bertz CT molecular complexity index is 606. The van der Waals surface area contributed by atoms with E-state index >= 15 is 0 Å². The SMILES string of the molecule is Cc1ccc(Br)c(-n2cc(C3(O)CCOC3)nn2)c1. The maximum Gasteiger partial charge on any atom is 0.135 e. The highest BCUT2D eigenvalue weighted by Crippen LogP contribution is 2.29. The molecule has 1 saturated heterocycles. The monoisotopic (exact) mass is 323 g/mol. The number of halogens is 1. The van der Waals surface area contributed by atoms with Gasteiger partial charge in [-0.2, -0.15) is 0 Å². The second-order valence-electron chi connectivity index (χ2n) is 4.84. The van der Waals surface area contributed by atoms with Gasteiger partial charge in [0, 0.05) is 17.5 Å². The fourth-order valence-corrected chi connectivity index (χ4v) is 2.58. The number of aryl methyl sites for hydroxylation is 1. The van der Waals surface area contributed by atoms with Gasteiger partial charge in [-0.3, -0.25) is 0 Å². The third kappa shape index (κ3) is 2.31. The first-order valence-corrected chi connectivity index (χ1v) is 6.87. The van der Waals surface area contributed by atoms with Crippen LogP contribution in [0, 0.1) is 6.92 Å². The number of aliphatic hydroxyl groups is 1. The molecule has 1 N–H and O–H groups in total. The molecule has 2 aromatic rings. The normalized spacial score (nSPS) is 22.9. The summed E-state index contributed by atoms with van der Waals surface area (Å²) in [4.78, 5) is 0. The maximum absolute atomic E-state index is 10.4. The van der Waals surface area contributed by atoms with Gasteiger partial charge in [0.15, 0.2) is 0 Å². The Hall–Kier alpha value is -1.24. The van der Waals surface area contributed by atoms with E-state index in [0.717, 1.165) is 15.7 Å². The molecule has 0 aliphatic carbocycles. The highest BCUT2D eigenvalue weighted by atomic mass is 79.9. The van der Waals surface area contributed by atoms with Crippen LogP contribution >= 0.6 is 15.9 Å². The molecular formula is C13H14BrN3O2. The quantitative estimate of drug-likeness (QED) is 0.917. The number of aromatic nitrogens is 3. The van der Waals surface area contributed by atoms with Crippen molar-refractivity contribution in [2.24, 2.45) is 0 Å². The molecule has 0 radical (unpaired) electrons. The number of benzene rings is 1. The number of hydrogen-bond acceptors (Lipinski definition) is 4. The van der Waals surface area contributed by atoms with Crippen LogP contribution in [0.4, 0.5) is 0 Å². The molecule has 1 atom stereocenters. The van der Waals surface area contributed by atoms with E-state index in [4.69, 9.17) is 4.74 Å². The van der Waals surface area contributed by atoms with Crippen LogP contribution in [0.3, 0.4) is 0 Å². The lowest BCUT2D eigenvalue weighted by Crippen LogP contribution is -2.26. The molecule has 0 bridgehead atoms. The summed E-state index contributed by atoms with van der Waals surface area (Å²) in [6, 6.07) is 6.00. The topological polar surface area (TPSA) is 60.2 Å². The zero-order valence-electron chi connectivity index (χ0n) is 10.5. The number of rotatable bonds is 2. The van der Waals surface area contributed by atoms with Gasteiger partial charge in [-0.05, 0) is 40.5 Å². The molecule has 1 aromatic heterocycles. The molecule has 0 spiro atoms. The molecule has 1 aliphatic heterocycles. The van der Waals surface area contributed by atoms with Gasteiger partial charge in [0.25, 0.3) is 0 Å². The van der Waals surface area contributed by atoms with Crippen LogP contribution in [0.1, 0.15) is 17.7 Å². The van der Waals surface area contributed by atoms with Crippen molar-refractivity contribution in [1.29, 1.82) is 0 Å². The minimum atomic E-state index is -1.01. The van der Waals surface area contributed by atoms with Crippen molar-refractivity contribution in [3.63, 3.8) is 0 Å². The fraction of sp³-hybridized carbons (Fsp3) is 0.385. The van der Waals surface area contributed by atoms with Gasteiger partial charge in [0.1, 0.15) is 11.3 Å². The van der Waals surface area contributed by atoms with Crippen molar-refractivity contribution in [2.75, 3.05) is 13.2 Å². The van der Waals surface area contributed by atoms with E-state index in [0.29, 0.717) is 18.7 Å². The van der Waals surface area contributed by atoms with Crippen LogP contribution in [0.15, 0.2) is 28.9 Å². The lowest BCUT2D eigenvalue weighted by molar-refractivity contribution is 0.0193. The van der Waals surface area contributed by atoms with Gasteiger partial charge >= 0.3 is 0 Å². The summed E-state index contributed by atoms with van der Waals surface area (Å²) in [6.07, 6.45) is 2.31. The second kappa shape index (κ2) is 4.70. The van der Waals surface area contributed by atoms with E-state index < -0.39 is 5.60 Å². The van der Waals surface area contributed by atoms with Gasteiger partial charge in [0.2, 0.25) is 0 Å². The summed E-state index contributed by atoms with van der Waals surface area (Å²) in [6.45, 7) is 2.85. The minimum Gasteiger partial charge on any atom is -0.381 e. The number of ether oxygens (including phenoxy) is 1. The smallest absolute Gasteiger partial charge is 0.135 e. The molecule has 1 aromatic carbocycles. The van der Waals surface area contributed by atoms with E-state index in [9.17, 15) is 5.11 Å². The molecule has 3 rings (SSSR count). The predicted molar refractivity (Wildman–Crippen MR) is 73.1 cm³/mol. The lowest BCUT2D eigenvalue weighted by atomic mass is 10.0. The summed E-state index contributed by atoms with van der Waals surface area (Å²) in [5, 5.41) is 18.6. The molecule has 6 heteroatoms. The molecule has 1 unspecified atom stereocenters. The average Bonchev–Trinajstić information content (AvgIpc) is 3.02. The third-order valence-electron chi connectivity index (χ3n) is 3.32. The van der Waals surface area contributed by atoms with Crippen molar-refractivity contribution < 1.29 is 9.84 Å². The van der Waals surface area contributed by atoms with Gasteiger partial charge < -0.3 is 9.84 Å². The minimum absolute atomic E-state index is 0.278. The van der Waals surface area contributed by atoms with Gasteiger partial charge in [0.05, 0.1) is 18.5 Å². The first-order chi connectivity index (χ1) is 9.08.